The zero-order chi connectivity index (χ0) is 19.0. The Morgan fingerprint density at radius 3 is 2.70 bits per heavy atom. The quantitative estimate of drug-likeness (QED) is 0.493. The van der Waals surface area contributed by atoms with Gasteiger partial charge in [0, 0.05) is 29.4 Å². The third-order valence-electron chi connectivity index (χ3n) is 4.92. The SMILES string of the molecule is Cc1cc2cc(CNc3cc(-c4cccc(C)c4C)nc(N)n3)ccc2[nH]1. The van der Waals surface area contributed by atoms with Gasteiger partial charge in [-0.15, -0.1) is 0 Å². The Morgan fingerprint density at radius 1 is 1.00 bits per heavy atom. The maximum absolute atomic E-state index is 5.96. The number of nitrogens with zero attached hydrogens (tertiary/aromatic N) is 2. The highest BCUT2D eigenvalue weighted by Crippen LogP contribution is 2.26. The molecule has 0 spiro atoms. The molecule has 136 valence electrons. The van der Waals surface area contributed by atoms with Crippen LogP contribution in [0.25, 0.3) is 22.2 Å². The molecule has 5 heteroatoms. The summed E-state index contributed by atoms with van der Waals surface area (Å²) in [7, 11) is 0. The zero-order valence-electron chi connectivity index (χ0n) is 15.8. The monoisotopic (exact) mass is 357 g/mol. The van der Waals surface area contributed by atoms with E-state index in [-0.39, 0.29) is 5.95 Å². The summed E-state index contributed by atoms with van der Waals surface area (Å²) in [5.74, 6) is 0.997. The molecule has 0 radical (unpaired) electrons. The van der Waals surface area contributed by atoms with E-state index in [0.717, 1.165) is 28.3 Å². The number of nitrogens with one attached hydrogen (secondary N) is 2. The van der Waals surface area contributed by atoms with Gasteiger partial charge in [-0.2, -0.15) is 4.98 Å². The van der Waals surface area contributed by atoms with E-state index in [2.05, 4.69) is 77.4 Å². The standard InChI is InChI=1S/C22H23N5/c1-13-5-4-6-18(15(13)3)20-11-21(27-22(23)26-20)24-12-16-7-8-19-17(10-16)9-14(2)25-19/h4-11,25H,12H2,1-3H3,(H3,23,24,26,27). The van der Waals surface area contributed by atoms with Crippen LogP contribution in [0.5, 0.6) is 0 Å². The van der Waals surface area contributed by atoms with Gasteiger partial charge >= 0.3 is 0 Å². The minimum atomic E-state index is 0.271. The Bertz CT molecular complexity index is 1130. The second-order valence-electron chi connectivity index (χ2n) is 6.97. The van der Waals surface area contributed by atoms with Crippen LogP contribution in [0, 0.1) is 20.8 Å². The molecular formula is C22H23N5. The molecule has 27 heavy (non-hydrogen) atoms. The van der Waals surface area contributed by atoms with E-state index in [4.69, 9.17) is 5.73 Å². The number of aromatic amines is 1. The number of aromatic nitrogens is 3. The molecule has 4 aromatic rings. The number of H-pyrrole nitrogens is 1. The molecule has 2 aromatic heterocycles. The smallest absolute Gasteiger partial charge is 0.222 e. The fraction of sp³-hybridized carbons (Fsp3) is 0.182. The maximum atomic E-state index is 5.96. The Hall–Kier alpha value is -3.34. The van der Waals surface area contributed by atoms with Gasteiger partial charge in [0.1, 0.15) is 5.82 Å². The van der Waals surface area contributed by atoms with Gasteiger partial charge in [-0.05, 0) is 61.0 Å². The molecule has 0 aliphatic heterocycles. The van der Waals surface area contributed by atoms with Crippen molar-refractivity contribution in [2.24, 2.45) is 0 Å². The van der Waals surface area contributed by atoms with Crippen molar-refractivity contribution < 1.29 is 0 Å². The van der Waals surface area contributed by atoms with E-state index >= 15 is 0 Å². The Balaban J connectivity index is 1.60. The van der Waals surface area contributed by atoms with Gasteiger partial charge in [0.2, 0.25) is 5.95 Å². The summed E-state index contributed by atoms with van der Waals surface area (Å²) in [5.41, 5.74) is 13.8. The van der Waals surface area contributed by atoms with Crippen molar-refractivity contribution in [2.45, 2.75) is 27.3 Å². The van der Waals surface area contributed by atoms with Gasteiger partial charge < -0.3 is 16.0 Å². The molecule has 2 aromatic carbocycles. The number of nitrogen functional groups attached to an aromatic ring is 1. The number of hydrogen-bond donors (Lipinski definition) is 3. The lowest BCUT2D eigenvalue weighted by atomic mass is 10.0. The van der Waals surface area contributed by atoms with Crippen molar-refractivity contribution in [2.75, 3.05) is 11.1 Å². The van der Waals surface area contributed by atoms with E-state index in [1.165, 1.54) is 22.1 Å². The highest BCUT2D eigenvalue weighted by atomic mass is 15.1. The Morgan fingerprint density at radius 2 is 1.85 bits per heavy atom. The minimum Gasteiger partial charge on any atom is -0.368 e. The number of rotatable bonds is 4. The van der Waals surface area contributed by atoms with Crippen LogP contribution in [-0.4, -0.2) is 15.0 Å². The third-order valence-corrected chi connectivity index (χ3v) is 4.92. The van der Waals surface area contributed by atoms with Gasteiger partial charge in [-0.1, -0.05) is 24.3 Å². The van der Waals surface area contributed by atoms with Crippen LogP contribution in [0.15, 0.2) is 48.5 Å². The van der Waals surface area contributed by atoms with Crippen LogP contribution in [0.3, 0.4) is 0 Å². The van der Waals surface area contributed by atoms with E-state index in [1.807, 2.05) is 12.1 Å². The molecule has 0 unspecified atom stereocenters. The predicted molar refractivity (Wildman–Crippen MR) is 112 cm³/mol. The lowest BCUT2D eigenvalue weighted by molar-refractivity contribution is 1.09. The molecule has 0 saturated carbocycles. The van der Waals surface area contributed by atoms with Crippen LogP contribution in [-0.2, 0) is 6.54 Å². The summed E-state index contributed by atoms with van der Waals surface area (Å²) in [6, 6.07) is 16.7. The largest absolute Gasteiger partial charge is 0.368 e. The first-order valence-corrected chi connectivity index (χ1v) is 9.03. The van der Waals surface area contributed by atoms with Crippen molar-refractivity contribution in [3.05, 3.63) is 70.9 Å². The van der Waals surface area contributed by atoms with Crippen LogP contribution in [0.4, 0.5) is 11.8 Å². The van der Waals surface area contributed by atoms with E-state index in [9.17, 15) is 0 Å². The molecule has 0 atom stereocenters. The molecule has 2 heterocycles. The average Bonchev–Trinajstić information content (AvgIpc) is 3.01. The third kappa shape index (κ3) is 3.49. The summed E-state index contributed by atoms with van der Waals surface area (Å²) < 4.78 is 0. The van der Waals surface area contributed by atoms with Crippen molar-refractivity contribution in [1.82, 2.24) is 15.0 Å². The lowest BCUT2D eigenvalue weighted by Gasteiger charge is -2.11. The average molecular weight is 357 g/mol. The molecular weight excluding hydrogens is 334 g/mol. The summed E-state index contributed by atoms with van der Waals surface area (Å²) in [5, 5.41) is 4.59. The number of anilines is 2. The van der Waals surface area contributed by atoms with Crippen molar-refractivity contribution in [1.29, 1.82) is 0 Å². The highest BCUT2D eigenvalue weighted by molar-refractivity contribution is 5.81. The Labute approximate surface area is 158 Å². The molecule has 4 rings (SSSR count). The van der Waals surface area contributed by atoms with Crippen molar-refractivity contribution in [3.63, 3.8) is 0 Å². The van der Waals surface area contributed by atoms with Gasteiger partial charge in [0.05, 0.1) is 5.69 Å². The number of nitrogens with two attached hydrogens (primary N) is 1. The molecule has 0 saturated heterocycles. The summed E-state index contributed by atoms with van der Waals surface area (Å²) >= 11 is 0. The van der Waals surface area contributed by atoms with Crippen molar-refractivity contribution >= 4 is 22.7 Å². The number of hydrogen-bond acceptors (Lipinski definition) is 4. The molecule has 0 aliphatic rings. The molecule has 0 amide bonds. The fourth-order valence-electron chi connectivity index (χ4n) is 3.35. The molecule has 0 aliphatic carbocycles. The Kier molecular flexibility index (Phi) is 4.28. The molecule has 4 N–H and O–H groups in total. The molecule has 0 fully saturated rings. The van der Waals surface area contributed by atoms with E-state index < -0.39 is 0 Å². The van der Waals surface area contributed by atoms with Crippen molar-refractivity contribution in [3.8, 4) is 11.3 Å². The molecule has 5 nitrogen and oxygen atoms in total. The van der Waals surface area contributed by atoms with Crippen LogP contribution < -0.4 is 11.1 Å². The summed E-state index contributed by atoms with van der Waals surface area (Å²) in [4.78, 5) is 12.1. The normalized spacial score (nSPS) is 11.1. The minimum absolute atomic E-state index is 0.271. The van der Waals surface area contributed by atoms with Crippen LogP contribution >= 0.6 is 0 Å². The number of aryl methyl sites for hydroxylation is 2. The van der Waals surface area contributed by atoms with E-state index in [0.29, 0.717) is 6.54 Å². The second kappa shape index (κ2) is 6.76. The topological polar surface area (TPSA) is 79.6 Å². The van der Waals surface area contributed by atoms with Gasteiger partial charge in [-0.25, -0.2) is 4.98 Å². The van der Waals surface area contributed by atoms with Crippen LogP contribution in [0.1, 0.15) is 22.4 Å². The van der Waals surface area contributed by atoms with Gasteiger partial charge in [0.15, 0.2) is 0 Å². The zero-order valence-corrected chi connectivity index (χ0v) is 15.8. The molecule has 0 bridgehead atoms. The number of fused-ring (bicyclic) bond motifs is 1. The first kappa shape index (κ1) is 17.1. The fourth-order valence-corrected chi connectivity index (χ4v) is 3.35. The summed E-state index contributed by atoms with van der Waals surface area (Å²) in [6.45, 7) is 6.94. The second-order valence-corrected chi connectivity index (χ2v) is 6.97. The van der Waals surface area contributed by atoms with Gasteiger partial charge in [0.25, 0.3) is 0 Å². The highest BCUT2D eigenvalue weighted by Gasteiger charge is 2.09. The van der Waals surface area contributed by atoms with Crippen LogP contribution in [0.2, 0.25) is 0 Å². The first-order chi connectivity index (χ1) is 13.0. The van der Waals surface area contributed by atoms with Gasteiger partial charge in [-0.3, -0.25) is 0 Å². The van der Waals surface area contributed by atoms with E-state index in [1.54, 1.807) is 0 Å². The summed E-state index contributed by atoms with van der Waals surface area (Å²) in [6.07, 6.45) is 0. The predicted octanol–water partition coefficient (Wildman–Crippen LogP) is 4.74. The lowest BCUT2D eigenvalue weighted by Crippen LogP contribution is -2.05. The first-order valence-electron chi connectivity index (χ1n) is 9.03. The maximum Gasteiger partial charge on any atom is 0.222 e. The number of benzene rings is 2.